The number of non-ortho nitro benzene ring substituents is 1. The maximum atomic E-state index is 10.7. The predicted octanol–water partition coefficient (Wildman–Crippen LogP) is 3.54. The van der Waals surface area contributed by atoms with Crippen molar-refractivity contribution in [3.8, 4) is 0 Å². The first-order chi connectivity index (χ1) is 8.58. The van der Waals surface area contributed by atoms with Gasteiger partial charge in [0.25, 0.3) is 5.69 Å². The molecular formula is C12H13BrClNO3. The van der Waals surface area contributed by atoms with Crippen molar-refractivity contribution in [3.63, 3.8) is 0 Å². The molecule has 2 unspecified atom stereocenters. The summed E-state index contributed by atoms with van der Waals surface area (Å²) in [6.07, 6.45) is 1.63. The van der Waals surface area contributed by atoms with Gasteiger partial charge in [-0.05, 0) is 18.4 Å². The third kappa shape index (κ3) is 3.22. The largest absolute Gasteiger partial charge is 0.381 e. The lowest BCUT2D eigenvalue weighted by Crippen LogP contribution is -2.29. The number of nitrogens with zero attached hydrogens (tertiary/aromatic N) is 1. The highest BCUT2D eigenvalue weighted by molar-refractivity contribution is 9.10. The first-order valence-electron chi connectivity index (χ1n) is 5.72. The Morgan fingerprint density at radius 3 is 2.94 bits per heavy atom. The van der Waals surface area contributed by atoms with Gasteiger partial charge < -0.3 is 4.74 Å². The van der Waals surface area contributed by atoms with Crippen LogP contribution in [0, 0.1) is 16.0 Å². The molecule has 1 heterocycles. The van der Waals surface area contributed by atoms with Crippen molar-refractivity contribution in [1.82, 2.24) is 0 Å². The van der Waals surface area contributed by atoms with E-state index in [4.69, 9.17) is 16.3 Å². The third-order valence-electron chi connectivity index (χ3n) is 3.11. The number of ether oxygens (including phenoxy) is 1. The number of hydrogen-bond donors (Lipinski definition) is 0. The quantitative estimate of drug-likeness (QED) is 0.482. The number of hydrogen-bond acceptors (Lipinski definition) is 3. The minimum Gasteiger partial charge on any atom is -0.381 e. The number of nitro benzene ring substituents is 1. The second-order valence-corrected chi connectivity index (χ2v) is 5.79. The zero-order valence-electron chi connectivity index (χ0n) is 9.64. The monoisotopic (exact) mass is 333 g/mol. The molecule has 0 amide bonds. The van der Waals surface area contributed by atoms with Gasteiger partial charge in [-0.25, -0.2) is 0 Å². The smallest absolute Gasteiger partial charge is 0.270 e. The Balaban J connectivity index is 2.11. The summed E-state index contributed by atoms with van der Waals surface area (Å²) in [5.74, 6) is 0.262. The highest BCUT2D eigenvalue weighted by Gasteiger charge is 2.25. The van der Waals surface area contributed by atoms with E-state index < -0.39 is 4.92 Å². The minimum absolute atomic E-state index is 0.0907. The van der Waals surface area contributed by atoms with Gasteiger partial charge in [0.2, 0.25) is 0 Å². The zero-order valence-corrected chi connectivity index (χ0v) is 12.0. The predicted molar refractivity (Wildman–Crippen MR) is 73.1 cm³/mol. The number of nitro groups is 1. The van der Waals surface area contributed by atoms with Crippen LogP contribution >= 0.6 is 27.5 Å². The molecule has 1 aliphatic rings. The summed E-state index contributed by atoms with van der Waals surface area (Å²) in [5, 5.41) is 10.8. The molecule has 1 fully saturated rings. The maximum Gasteiger partial charge on any atom is 0.270 e. The van der Waals surface area contributed by atoms with Crippen molar-refractivity contribution in [1.29, 1.82) is 0 Å². The van der Waals surface area contributed by atoms with Crippen molar-refractivity contribution in [3.05, 3.63) is 38.3 Å². The number of alkyl halides is 1. The molecule has 1 aliphatic heterocycles. The van der Waals surface area contributed by atoms with Crippen LogP contribution in [-0.2, 0) is 11.2 Å². The van der Waals surface area contributed by atoms with Gasteiger partial charge >= 0.3 is 0 Å². The van der Waals surface area contributed by atoms with E-state index in [1.165, 1.54) is 12.1 Å². The summed E-state index contributed by atoms with van der Waals surface area (Å²) in [6.45, 7) is 1.36. The molecule has 18 heavy (non-hydrogen) atoms. The van der Waals surface area contributed by atoms with Gasteiger partial charge in [0.1, 0.15) is 0 Å². The lowest BCUT2D eigenvalue weighted by atomic mass is 9.93. The van der Waals surface area contributed by atoms with Crippen LogP contribution in [0.15, 0.2) is 22.7 Å². The fourth-order valence-electron chi connectivity index (χ4n) is 2.06. The van der Waals surface area contributed by atoms with Crippen LogP contribution < -0.4 is 0 Å². The third-order valence-corrected chi connectivity index (χ3v) is 4.42. The lowest BCUT2D eigenvalue weighted by Gasteiger charge is -2.27. The summed E-state index contributed by atoms with van der Waals surface area (Å²) in [7, 11) is 0. The number of halogens is 2. The summed E-state index contributed by atoms with van der Waals surface area (Å²) in [6, 6.07) is 4.83. The fourth-order valence-corrected chi connectivity index (χ4v) is 2.83. The van der Waals surface area contributed by atoms with E-state index in [0.29, 0.717) is 13.2 Å². The van der Waals surface area contributed by atoms with Crippen molar-refractivity contribution in [2.45, 2.75) is 18.2 Å². The van der Waals surface area contributed by atoms with Gasteiger partial charge in [-0.2, -0.15) is 0 Å². The van der Waals surface area contributed by atoms with E-state index in [1.807, 2.05) is 0 Å². The van der Waals surface area contributed by atoms with Crippen LogP contribution in [0.25, 0.3) is 0 Å². The Bertz CT molecular complexity index is 455. The molecular weight excluding hydrogens is 321 g/mol. The molecule has 4 nitrogen and oxygen atoms in total. The summed E-state index contributed by atoms with van der Waals surface area (Å²) in [5.41, 5.74) is 1.12. The van der Waals surface area contributed by atoms with Crippen LogP contribution in [-0.4, -0.2) is 23.5 Å². The summed E-state index contributed by atoms with van der Waals surface area (Å²) < 4.78 is 6.17. The molecule has 0 saturated carbocycles. The van der Waals surface area contributed by atoms with Gasteiger partial charge in [0, 0.05) is 34.5 Å². The van der Waals surface area contributed by atoms with E-state index in [1.54, 1.807) is 6.07 Å². The van der Waals surface area contributed by atoms with Crippen LogP contribution in [0.3, 0.4) is 0 Å². The number of rotatable bonds is 3. The molecule has 0 aromatic heterocycles. The molecule has 2 atom stereocenters. The molecule has 0 aliphatic carbocycles. The Morgan fingerprint density at radius 1 is 1.56 bits per heavy atom. The van der Waals surface area contributed by atoms with Crippen LogP contribution in [0.2, 0.25) is 0 Å². The Morgan fingerprint density at radius 2 is 2.33 bits per heavy atom. The second kappa shape index (κ2) is 5.99. The van der Waals surface area contributed by atoms with Gasteiger partial charge in [-0.3, -0.25) is 10.1 Å². The van der Waals surface area contributed by atoms with E-state index in [2.05, 4.69) is 15.9 Å². The molecule has 1 saturated heterocycles. The van der Waals surface area contributed by atoms with E-state index in [9.17, 15) is 10.1 Å². The average Bonchev–Trinajstić information content (AvgIpc) is 2.34. The highest BCUT2D eigenvalue weighted by Crippen LogP contribution is 2.29. The molecule has 2 rings (SSSR count). The van der Waals surface area contributed by atoms with Crippen molar-refractivity contribution in [2.75, 3.05) is 13.2 Å². The molecule has 6 heteroatoms. The lowest BCUT2D eigenvalue weighted by molar-refractivity contribution is -0.384. The van der Waals surface area contributed by atoms with Gasteiger partial charge in [-0.1, -0.05) is 22.0 Å². The minimum atomic E-state index is -0.400. The summed E-state index contributed by atoms with van der Waals surface area (Å²) in [4.78, 5) is 10.2. The summed E-state index contributed by atoms with van der Waals surface area (Å²) >= 11 is 9.64. The second-order valence-electron chi connectivity index (χ2n) is 4.38. The fraction of sp³-hybridized carbons (Fsp3) is 0.500. The van der Waals surface area contributed by atoms with Crippen molar-refractivity contribution < 1.29 is 9.66 Å². The van der Waals surface area contributed by atoms with Gasteiger partial charge in [-0.15, -0.1) is 11.6 Å². The standard InChI is InChI=1S/C12H13BrClNO3/c13-11-6-10(15(16)17)2-1-8(11)5-9-7-18-4-3-12(9)14/h1-2,6,9,12H,3-5,7H2. The van der Waals surface area contributed by atoms with Crippen LogP contribution in [0.5, 0.6) is 0 Å². The average molecular weight is 335 g/mol. The Labute approximate surface area is 119 Å². The van der Waals surface area contributed by atoms with Crippen molar-refractivity contribution in [2.24, 2.45) is 5.92 Å². The van der Waals surface area contributed by atoms with Crippen molar-refractivity contribution >= 4 is 33.2 Å². The number of benzene rings is 1. The topological polar surface area (TPSA) is 52.4 Å². The molecule has 0 bridgehead atoms. The maximum absolute atomic E-state index is 10.7. The zero-order chi connectivity index (χ0) is 13.1. The molecule has 0 N–H and O–H groups in total. The molecule has 0 radical (unpaired) electrons. The van der Waals surface area contributed by atoms with E-state index in [0.717, 1.165) is 22.9 Å². The highest BCUT2D eigenvalue weighted by atomic mass is 79.9. The SMILES string of the molecule is O=[N+]([O-])c1ccc(CC2COCCC2Cl)c(Br)c1. The first kappa shape index (κ1) is 13.8. The Kier molecular flexibility index (Phi) is 4.59. The molecule has 1 aromatic carbocycles. The van der Waals surface area contributed by atoms with Crippen LogP contribution in [0.1, 0.15) is 12.0 Å². The van der Waals surface area contributed by atoms with E-state index >= 15 is 0 Å². The van der Waals surface area contributed by atoms with Crippen LogP contribution in [0.4, 0.5) is 5.69 Å². The molecule has 0 spiro atoms. The first-order valence-corrected chi connectivity index (χ1v) is 6.95. The van der Waals surface area contributed by atoms with Gasteiger partial charge in [0.05, 0.1) is 11.5 Å². The van der Waals surface area contributed by atoms with Gasteiger partial charge in [0.15, 0.2) is 0 Å². The normalized spacial score (nSPS) is 23.9. The Hall–Kier alpha value is -0.650. The molecule has 1 aromatic rings. The molecule has 98 valence electrons. The van der Waals surface area contributed by atoms with E-state index in [-0.39, 0.29) is 17.0 Å².